The Balaban J connectivity index is 1.85. The fraction of sp³-hybridized carbons (Fsp3) is 0.364. The average Bonchev–Trinajstić information content (AvgIpc) is 2.72. The van der Waals surface area contributed by atoms with Crippen LogP contribution in [0.1, 0.15) is 48.9 Å². The Morgan fingerprint density at radius 3 is 2.48 bits per heavy atom. The van der Waals surface area contributed by atoms with Gasteiger partial charge < -0.3 is 15.4 Å². The molecule has 0 bridgehead atoms. The predicted octanol–water partition coefficient (Wildman–Crippen LogP) is 4.91. The molecule has 1 fully saturated rings. The zero-order chi connectivity index (χ0) is 22.8. The van der Waals surface area contributed by atoms with Crippen LogP contribution in [-0.2, 0) is 21.3 Å². The fourth-order valence-electron chi connectivity index (χ4n) is 3.78. The summed E-state index contributed by atoms with van der Waals surface area (Å²) in [5, 5.41) is 0. The number of nitrogens with zero attached hydrogens (tertiary/aromatic N) is 1. The Hall–Kier alpha value is -3.10. The van der Waals surface area contributed by atoms with Crippen molar-refractivity contribution in [3.8, 4) is 0 Å². The van der Waals surface area contributed by atoms with Gasteiger partial charge in [0.05, 0.1) is 11.6 Å². The number of amides is 2. The monoisotopic (exact) mass is 438 g/mol. The van der Waals surface area contributed by atoms with Crippen molar-refractivity contribution in [3.63, 3.8) is 0 Å². The van der Waals surface area contributed by atoms with Crippen molar-refractivity contribution < 1.29 is 31.9 Å². The molecule has 31 heavy (non-hydrogen) atoms. The molecule has 0 aliphatic carbocycles. The standard InChI is InChI=1S/C22H22F4N2O3/c1-14(15-3-2-4-17(13-15)22(24,25)26)28-12-11-21(31-20(28)30,10-9-19(27)29)16-5-7-18(23)8-6-16/h2-8,13-14H,9-12H2,1H3,(H2,27,29)/t14-,21+/m0/s1. The highest BCUT2D eigenvalue weighted by Gasteiger charge is 2.43. The van der Waals surface area contributed by atoms with E-state index in [4.69, 9.17) is 10.5 Å². The molecule has 5 nitrogen and oxygen atoms in total. The zero-order valence-corrected chi connectivity index (χ0v) is 16.8. The summed E-state index contributed by atoms with van der Waals surface area (Å²) in [5.74, 6) is -1.03. The number of rotatable bonds is 6. The summed E-state index contributed by atoms with van der Waals surface area (Å²) in [6, 6.07) is 9.53. The minimum atomic E-state index is -4.50. The molecule has 1 aliphatic rings. The van der Waals surface area contributed by atoms with Gasteiger partial charge in [-0.25, -0.2) is 9.18 Å². The van der Waals surface area contributed by atoms with Gasteiger partial charge in [-0.05, 0) is 42.3 Å². The number of benzene rings is 2. The Morgan fingerprint density at radius 1 is 1.23 bits per heavy atom. The van der Waals surface area contributed by atoms with E-state index in [0.717, 1.165) is 12.1 Å². The van der Waals surface area contributed by atoms with Gasteiger partial charge in [-0.15, -0.1) is 0 Å². The van der Waals surface area contributed by atoms with E-state index in [2.05, 4.69) is 0 Å². The maximum Gasteiger partial charge on any atom is 0.416 e. The van der Waals surface area contributed by atoms with Crippen molar-refractivity contribution in [2.45, 2.75) is 44.0 Å². The van der Waals surface area contributed by atoms with Gasteiger partial charge in [-0.1, -0.05) is 24.3 Å². The molecule has 1 aliphatic heterocycles. The highest BCUT2D eigenvalue weighted by molar-refractivity contribution is 5.74. The van der Waals surface area contributed by atoms with Gasteiger partial charge in [0.25, 0.3) is 0 Å². The number of hydrogen-bond acceptors (Lipinski definition) is 3. The lowest BCUT2D eigenvalue weighted by atomic mass is 9.84. The van der Waals surface area contributed by atoms with E-state index in [1.54, 1.807) is 6.92 Å². The smallest absolute Gasteiger partial charge is 0.416 e. The van der Waals surface area contributed by atoms with E-state index in [0.29, 0.717) is 11.1 Å². The summed E-state index contributed by atoms with van der Waals surface area (Å²) < 4.78 is 58.3. The van der Waals surface area contributed by atoms with Gasteiger partial charge in [0.15, 0.2) is 0 Å². The van der Waals surface area contributed by atoms with E-state index < -0.39 is 41.2 Å². The normalized spacial score (nSPS) is 20.3. The van der Waals surface area contributed by atoms with E-state index in [1.165, 1.54) is 41.3 Å². The Kier molecular flexibility index (Phi) is 6.24. The largest absolute Gasteiger partial charge is 0.438 e. The van der Waals surface area contributed by atoms with Crippen LogP contribution in [0.3, 0.4) is 0 Å². The lowest BCUT2D eigenvalue weighted by Gasteiger charge is -2.43. The number of carbonyl (C=O) groups excluding carboxylic acids is 2. The van der Waals surface area contributed by atoms with Gasteiger partial charge >= 0.3 is 12.3 Å². The van der Waals surface area contributed by atoms with Gasteiger partial charge in [0.2, 0.25) is 5.91 Å². The predicted molar refractivity (Wildman–Crippen MR) is 104 cm³/mol. The SMILES string of the molecule is C[C@@H](c1cccc(C(F)(F)F)c1)N1CC[C@](CCC(N)=O)(c2ccc(F)cc2)OC1=O. The molecule has 2 aromatic carbocycles. The molecule has 0 radical (unpaired) electrons. The quantitative estimate of drug-likeness (QED) is 0.652. The van der Waals surface area contributed by atoms with Crippen LogP contribution in [0.2, 0.25) is 0 Å². The van der Waals surface area contributed by atoms with Gasteiger partial charge in [-0.2, -0.15) is 13.2 Å². The van der Waals surface area contributed by atoms with Crippen molar-refractivity contribution in [2.24, 2.45) is 5.73 Å². The van der Waals surface area contributed by atoms with Crippen LogP contribution in [0.5, 0.6) is 0 Å². The molecular formula is C22H22F4N2O3. The van der Waals surface area contributed by atoms with Crippen LogP contribution in [-0.4, -0.2) is 23.4 Å². The lowest BCUT2D eigenvalue weighted by Crippen LogP contribution is -2.49. The van der Waals surface area contributed by atoms with E-state index in [9.17, 15) is 27.2 Å². The summed E-state index contributed by atoms with van der Waals surface area (Å²) in [5.41, 5.74) is 4.13. The van der Waals surface area contributed by atoms with Gasteiger partial charge in [0.1, 0.15) is 11.4 Å². The van der Waals surface area contributed by atoms with Crippen molar-refractivity contribution in [1.29, 1.82) is 0 Å². The Morgan fingerprint density at radius 2 is 1.90 bits per heavy atom. The van der Waals surface area contributed by atoms with E-state index in [-0.39, 0.29) is 25.8 Å². The number of halogens is 4. The molecule has 1 heterocycles. The second kappa shape index (κ2) is 8.56. The van der Waals surface area contributed by atoms with E-state index >= 15 is 0 Å². The molecule has 2 N–H and O–H groups in total. The number of primary amides is 1. The first-order chi connectivity index (χ1) is 14.5. The zero-order valence-electron chi connectivity index (χ0n) is 16.8. The number of cyclic esters (lactones) is 1. The van der Waals surface area contributed by atoms with Crippen LogP contribution in [0.15, 0.2) is 48.5 Å². The number of carbonyl (C=O) groups is 2. The number of hydrogen-bond donors (Lipinski definition) is 1. The van der Waals surface area contributed by atoms with Crippen LogP contribution >= 0.6 is 0 Å². The minimum Gasteiger partial charge on any atom is -0.438 e. The summed E-state index contributed by atoms with van der Waals surface area (Å²) >= 11 is 0. The molecular weight excluding hydrogens is 416 g/mol. The molecule has 0 saturated carbocycles. The molecule has 9 heteroatoms. The van der Waals surface area contributed by atoms with Crippen molar-refractivity contribution in [3.05, 3.63) is 71.0 Å². The molecule has 0 aromatic heterocycles. The molecule has 2 atom stereocenters. The van der Waals surface area contributed by atoms with Gasteiger partial charge in [0, 0.05) is 25.8 Å². The van der Waals surface area contributed by atoms with Crippen molar-refractivity contribution in [2.75, 3.05) is 6.54 Å². The lowest BCUT2D eigenvalue weighted by molar-refractivity contribution is -0.137. The number of nitrogens with two attached hydrogens (primary N) is 1. The molecule has 1 saturated heterocycles. The van der Waals surface area contributed by atoms with Crippen LogP contribution in [0.25, 0.3) is 0 Å². The first-order valence-electron chi connectivity index (χ1n) is 9.73. The van der Waals surface area contributed by atoms with Crippen molar-refractivity contribution in [1.82, 2.24) is 4.90 Å². The van der Waals surface area contributed by atoms with Crippen LogP contribution < -0.4 is 5.73 Å². The van der Waals surface area contributed by atoms with E-state index in [1.807, 2.05) is 0 Å². The molecule has 0 unspecified atom stereocenters. The third-order valence-electron chi connectivity index (χ3n) is 5.58. The summed E-state index contributed by atoms with van der Waals surface area (Å²) in [6.45, 7) is 1.79. The summed E-state index contributed by atoms with van der Waals surface area (Å²) in [7, 11) is 0. The van der Waals surface area contributed by atoms with Crippen LogP contribution in [0.4, 0.5) is 22.4 Å². The second-order valence-corrected chi connectivity index (χ2v) is 7.58. The van der Waals surface area contributed by atoms with Crippen molar-refractivity contribution >= 4 is 12.0 Å². The third-order valence-corrected chi connectivity index (χ3v) is 5.58. The maximum absolute atomic E-state index is 13.4. The number of alkyl halides is 3. The fourth-order valence-corrected chi connectivity index (χ4v) is 3.78. The van der Waals surface area contributed by atoms with Crippen LogP contribution in [0, 0.1) is 5.82 Å². The summed E-state index contributed by atoms with van der Waals surface area (Å²) in [4.78, 5) is 25.6. The maximum atomic E-state index is 13.4. The Labute approximate surface area is 176 Å². The molecule has 2 aromatic rings. The van der Waals surface area contributed by atoms with Gasteiger partial charge in [-0.3, -0.25) is 4.79 Å². The Bertz CT molecular complexity index is 962. The second-order valence-electron chi connectivity index (χ2n) is 7.58. The molecule has 3 rings (SSSR count). The molecule has 2 amide bonds. The number of ether oxygens (including phenoxy) is 1. The third kappa shape index (κ3) is 4.98. The summed E-state index contributed by atoms with van der Waals surface area (Å²) in [6.07, 6.45) is -4.89. The first kappa shape index (κ1) is 22.6. The average molecular weight is 438 g/mol. The highest BCUT2D eigenvalue weighted by atomic mass is 19.4. The highest BCUT2D eigenvalue weighted by Crippen LogP contribution is 2.41. The molecule has 0 spiro atoms. The minimum absolute atomic E-state index is 0.0478. The molecule has 166 valence electrons. The topological polar surface area (TPSA) is 72.6 Å². The first-order valence-corrected chi connectivity index (χ1v) is 9.73.